The summed E-state index contributed by atoms with van der Waals surface area (Å²) in [7, 11) is 0. The van der Waals surface area contributed by atoms with Crippen LogP contribution in [0.3, 0.4) is 0 Å². The summed E-state index contributed by atoms with van der Waals surface area (Å²) in [5, 5.41) is 11.0. The first-order valence-electron chi connectivity index (χ1n) is 10.4. The van der Waals surface area contributed by atoms with Crippen molar-refractivity contribution >= 4 is 22.6 Å². The second-order valence-corrected chi connectivity index (χ2v) is 7.73. The fraction of sp³-hybridized carbons (Fsp3) is 0.318. The normalized spacial score (nSPS) is 14.6. The molecule has 1 N–H and O–H groups in total. The molecule has 1 fully saturated rings. The van der Waals surface area contributed by atoms with Gasteiger partial charge in [0.25, 0.3) is 11.6 Å². The third-order valence-electron chi connectivity index (χ3n) is 5.73. The minimum atomic E-state index is -0.710. The van der Waals surface area contributed by atoms with Crippen molar-refractivity contribution in [3.63, 3.8) is 0 Å². The molecule has 0 aliphatic carbocycles. The van der Waals surface area contributed by atoms with Gasteiger partial charge in [0.05, 0.1) is 16.0 Å². The number of piperazine rings is 1. The molecule has 3 aromatic rings. The molecule has 0 unspecified atom stereocenters. The second-order valence-electron chi connectivity index (χ2n) is 7.73. The monoisotopic (exact) mass is 437 g/mol. The summed E-state index contributed by atoms with van der Waals surface area (Å²) in [5.74, 6) is -0.142. The Hall–Kier alpha value is -3.79. The fourth-order valence-corrected chi connectivity index (χ4v) is 4.04. The van der Waals surface area contributed by atoms with E-state index in [-0.39, 0.29) is 11.6 Å². The van der Waals surface area contributed by atoms with E-state index in [2.05, 4.69) is 9.88 Å². The Kier molecular flexibility index (Phi) is 5.87. The number of nitro groups is 1. The molecule has 10 heteroatoms. The standard InChI is InChI=1S/C22H23N5O5/c1-2-26-19-7-6-16(13-18(19)23-20(28)22(26)30)21(29)25-10-8-24(9-11-25)14-15-4-3-5-17(12-15)27(31)32/h3-7,12-13H,2,8-11,14H2,1H3,(H,23,28). The highest BCUT2D eigenvalue weighted by Crippen LogP contribution is 2.18. The van der Waals surface area contributed by atoms with E-state index in [4.69, 9.17) is 0 Å². The Morgan fingerprint density at radius 2 is 1.84 bits per heavy atom. The van der Waals surface area contributed by atoms with Gasteiger partial charge in [-0.1, -0.05) is 12.1 Å². The molecule has 32 heavy (non-hydrogen) atoms. The van der Waals surface area contributed by atoms with E-state index < -0.39 is 16.0 Å². The molecule has 4 rings (SSSR count). The highest BCUT2D eigenvalue weighted by atomic mass is 16.6. The van der Waals surface area contributed by atoms with E-state index in [0.717, 1.165) is 5.56 Å². The van der Waals surface area contributed by atoms with E-state index in [1.54, 1.807) is 42.2 Å². The van der Waals surface area contributed by atoms with Crippen LogP contribution in [0.25, 0.3) is 11.0 Å². The van der Waals surface area contributed by atoms with Crippen LogP contribution >= 0.6 is 0 Å². The summed E-state index contributed by atoms with van der Waals surface area (Å²) in [6.07, 6.45) is 0. The van der Waals surface area contributed by atoms with Gasteiger partial charge < -0.3 is 14.5 Å². The number of carbonyl (C=O) groups excluding carboxylic acids is 1. The quantitative estimate of drug-likeness (QED) is 0.367. The maximum Gasteiger partial charge on any atom is 0.316 e. The number of nitrogens with zero attached hydrogens (tertiary/aromatic N) is 4. The molecule has 166 valence electrons. The molecule has 1 amide bonds. The predicted octanol–water partition coefficient (Wildman–Crippen LogP) is 1.58. The summed E-state index contributed by atoms with van der Waals surface area (Å²) in [4.78, 5) is 53.9. The lowest BCUT2D eigenvalue weighted by molar-refractivity contribution is -0.384. The van der Waals surface area contributed by atoms with Crippen molar-refractivity contribution in [3.8, 4) is 0 Å². The van der Waals surface area contributed by atoms with Crippen LogP contribution in [0.15, 0.2) is 52.1 Å². The predicted molar refractivity (Wildman–Crippen MR) is 119 cm³/mol. The molecule has 2 aromatic carbocycles. The molecule has 0 saturated carbocycles. The average Bonchev–Trinajstić information content (AvgIpc) is 2.80. The van der Waals surface area contributed by atoms with Crippen molar-refractivity contribution in [2.45, 2.75) is 20.0 Å². The van der Waals surface area contributed by atoms with Crippen LogP contribution in [0.1, 0.15) is 22.8 Å². The molecule has 0 bridgehead atoms. The molecule has 0 atom stereocenters. The zero-order valence-electron chi connectivity index (χ0n) is 17.6. The summed E-state index contributed by atoms with van der Waals surface area (Å²) in [5.41, 5.74) is 1.08. The minimum absolute atomic E-state index is 0.0687. The number of carbonyl (C=O) groups is 1. The lowest BCUT2D eigenvalue weighted by atomic mass is 10.1. The summed E-state index contributed by atoms with van der Waals surface area (Å²) < 4.78 is 1.38. The number of fused-ring (bicyclic) bond motifs is 1. The molecular weight excluding hydrogens is 414 g/mol. The van der Waals surface area contributed by atoms with Crippen LogP contribution in [0, 0.1) is 10.1 Å². The van der Waals surface area contributed by atoms with E-state index >= 15 is 0 Å². The Morgan fingerprint density at radius 1 is 1.09 bits per heavy atom. The van der Waals surface area contributed by atoms with Gasteiger partial charge in [-0.05, 0) is 30.7 Å². The van der Waals surface area contributed by atoms with Crippen LogP contribution in [-0.2, 0) is 13.1 Å². The number of hydrogen-bond donors (Lipinski definition) is 1. The number of aromatic nitrogens is 2. The van der Waals surface area contributed by atoms with E-state index in [9.17, 15) is 24.5 Å². The first-order valence-corrected chi connectivity index (χ1v) is 10.4. The van der Waals surface area contributed by atoms with Crippen molar-refractivity contribution < 1.29 is 9.72 Å². The number of nitrogens with one attached hydrogen (secondary N) is 1. The van der Waals surface area contributed by atoms with Gasteiger partial charge in [-0.25, -0.2) is 0 Å². The number of H-pyrrole nitrogens is 1. The van der Waals surface area contributed by atoms with Gasteiger partial charge in [0.15, 0.2) is 0 Å². The molecule has 0 spiro atoms. The van der Waals surface area contributed by atoms with Crippen molar-refractivity contribution in [1.82, 2.24) is 19.4 Å². The van der Waals surface area contributed by atoms with Crippen molar-refractivity contribution in [3.05, 3.63) is 84.4 Å². The van der Waals surface area contributed by atoms with Gasteiger partial charge in [0.2, 0.25) is 0 Å². The number of rotatable bonds is 5. The molecule has 10 nitrogen and oxygen atoms in total. The lowest BCUT2D eigenvalue weighted by Crippen LogP contribution is -2.48. The number of non-ortho nitro benzene ring substituents is 1. The Labute approximate surface area is 182 Å². The van der Waals surface area contributed by atoms with Gasteiger partial charge in [-0.2, -0.15) is 0 Å². The van der Waals surface area contributed by atoms with Crippen LogP contribution in [0.4, 0.5) is 5.69 Å². The number of nitro benzene ring substituents is 1. The average molecular weight is 437 g/mol. The zero-order chi connectivity index (χ0) is 22.8. The minimum Gasteiger partial charge on any atom is -0.336 e. The van der Waals surface area contributed by atoms with E-state index in [0.29, 0.717) is 55.9 Å². The summed E-state index contributed by atoms with van der Waals surface area (Å²) in [6, 6.07) is 11.5. The molecule has 1 saturated heterocycles. The number of hydrogen-bond acceptors (Lipinski definition) is 6. The Balaban J connectivity index is 1.45. The van der Waals surface area contributed by atoms with Crippen LogP contribution in [0.2, 0.25) is 0 Å². The maximum atomic E-state index is 13.0. The first kappa shape index (κ1) is 21.4. The van der Waals surface area contributed by atoms with E-state index in [1.165, 1.54) is 10.6 Å². The number of benzene rings is 2. The highest BCUT2D eigenvalue weighted by molar-refractivity contribution is 5.97. The van der Waals surface area contributed by atoms with Gasteiger partial charge in [-0.3, -0.25) is 29.4 Å². The third kappa shape index (κ3) is 4.17. The summed E-state index contributed by atoms with van der Waals surface area (Å²) >= 11 is 0. The lowest BCUT2D eigenvalue weighted by Gasteiger charge is -2.34. The van der Waals surface area contributed by atoms with Gasteiger partial charge in [0, 0.05) is 57.0 Å². The van der Waals surface area contributed by atoms with Crippen molar-refractivity contribution in [2.75, 3.05) is 26.2 Å². The molecular formula is C22H23N5O5. The number of aromatic amines is 1. The zero-order valence-corrected chi connectivity index (χ0v) is 17.6. The molecule has 1 aliphatic heterocycles. The molecule has 0 radical (unpaired) electrons. The Morgan fingerprint density at radius 3 is 2.53 bits per heavy atom. The summed E-state index contributed by atoms with van der Waals surface area (Å²) in [6.45, 7) is 5.07. The number of amides is 1. The largest absolute Gasteiger partial charge is 0.336 e. The highest BCUT2D eigenvalue weighted by Gasteiger charge is 2.23. The fourth-order valence-electron chi connectivity index (χ4n) is 4.04. The van der Waals surface area contributed by atoms with Crippen LogP contribution in [0.5, 0.6) is 0 Å². The number of aryl methyl sites for hydroxylation is 1. The van der Waals surface area contributed by atoms with Crippen LogP contribution < -0.4 is 11.1 Å². The maximum absolute atomic E-state index is 13.0. The smallest absolute Gasteiger partial charge is 0.316 e. The van der Waals surface area contributed by atoms with Crippen LogP contribution in [-0.4, -0.2) is 56.4 Å². The Bertz CT molecular complexity index is 1300. The SMILES string of the molecule is CCn1c(=O)c(=O)[nH]c2cc(C(=O)N3CCN(Cc4cccc([N+](=O)[O-])c4)CC3)ccc21. The molecule has 1 aliphatic rings. The molecule has 2 heterocycles. The van der Waals surface area contributed by atoms with Crippen molar-refractivity contribution in [2.24, 2.45) is 0 Å². The van der Waals surface area contributed by atoms with Gasteiger partial charge in [-0.15, -0.1) is 0 Å². The molecule has 1 aromatic heterocycles. The van der Waals surface area contributed by atoms with Gasteiger partial charge >= 0.3 is 11.1 Å². The van der Waals surface area contributed by atoms with E-state index in [1.807, 2.05) is 6.07 Å². The topological polar surface area (TPSA) is 122 Å². The van der Waals surface area contributed by atoms with Crippen molar-refractivity contribution in [1.29, 1.82) is 0 Å². The second kappa shape index (κ2) is 8.75. The first-order chi connectivity index (χ1) is 15.4. The third-order valence-corrected chi connectivity index (χ3v) is 5.73. The van der Waals surface area contributed by atoms with Gasteiger partial charge in [0.1, 0.15) is 0 Å².